The van der Waals surface area contributed by atoms with Crippen molar-refractivity contribution in [2.24, 2.45) is 11.8 Å². The first-order chi connectivity index (χ1) is 18.5. The van der Waals surface area contributed by atoms with E-state index in [4.69, 9.17) is 16.0 Å². The van der Waals surface area contributed by atoms with Crippen LogP contribution in [0.2, 0.25) is 5.02 Å². The fraction of sp³-hybridized carbons (Fsp3) is 0.429. The molecule has 2 atom stereocenters. The van der Waals surface area contributed by atoms with Crippen molar-refractivity contribution in [2.75, 3.05) is 44.2 Å². The lowest BCUT2D eigenvalue weighted by Gasteiger charge is -2.40. The van der Waals surface area contributed by atoms with Gasteiger partial charge >= 0.3 is 0 Å². The number of anilines is 1. The zero-order chi connectivity index (χ0) is 26.5. The number of amides is 1. The van der Waals surface area contributed by atoms with Crippen LogP contribution in [0.1, 0.15) is 31.2 Å². The second-order valence-electron chi connectivity index (χ2n) is 10.1. The highest BCUT2D eigenvalue weighted by atomic mass is 35.5. The number of hydrogen-bond donors (Lipinski definition) is 1. The van der Waals surface area contributed by atoms with Gasteiger partial charge in [0.1, 0.15) is 10.8 Å². The lowest BCUT2D eigenvalue weighted by molar-refractivity contribution is -0.384. The Kier molecular flexibility index (Phi) is 8.56. The van der Waals surface area contributed by atoms with Gasteiger partial charge in [0, 0.05) is 56.8 Å². The molecule has 1 amide bonds. The van der Waals surface area contributed by atoms with Crippen LogP contribution in [0, 0.1) is 22.0 Å². The molecule has 2 aromatic carbocycles. The maximum atomic E-state index is 12.5. The number of aromatic nitrogens is 1. The van der Waals surface area contributed by atoms with E-state index in [0.717, 1.165) is 45.0 Å². The molecule has 5 rings (SSSR count). The molecule has 1 aromatic heterocycles. The van der Waals surface area contributed by atoms with Gasteiger partial charge in [0.2, 0.25) is 5.91 Å². The number of nitrogens with zero attached hydrogens (tertiary/aromatic N) is 4. The summed E-state index contributed by atoms with van der Waals surface area (Å²) in [6.45, 7) is 5.73. The van der Waals surface area contributed by atoms with Crippen LogP contribution < -0.4 is 10.2 Å². The number of nitrogens with one attached hydrogen (secondary N) is 1. The Morgan fingerprint density at radius 1 is 1.13 bits per heavy atom. The third kappa shape index (κ3) is 6.34. The Labute approximate surface area is 231 Å². The minimum atomic E-state index is -0.524. The van der Waals surface area contributed by atoms with Gasteiger partial charge < -0.3 is 10.2 Å². The first kappa shape index (κ1) is 26.6. The van der Waals surface area contributed by atoms with Crippen molar-refractivity contribution in [1.29, 1.82) is 0 Å². The molecule has 1 saturated heterocycles. The summed E-state index contributed by atoms with van der Waals surface area (Å²) in [5, 5.41) is 15.5. The van der Waals surface area contributed by atoms with Crippen LogP contribution >= 0.6 is 23.1 Å². The van der Waals surface area contributed by atoms with Crippen LogP contribution in [-0.2, 0) is 4.79 Å². The van der Waals surface area contributed by atoms with E-state index in [-0.39, 0.29) is 16.6 Å². The number of hydrogen-bond acceptors (Lipinski definition) is 7. The van der Waals surface area contributed by atoms with E-state index < -0.39 is 4.92 Å². The fourth-order valence-electron chi connectivity index (χ4n) is 5.60. The van der Waals surface area contributed by atoms with Gasteiger partial charge in [0.15, 0.2) is 0 Å². The normalized spacial score (nSPS) is 20.7. The van der Waals surface area contributed by atoms with E-state index in [1.165, 1.54) is 47.6 Å². The zero-order valence-electron chi connectivity index (χ0n) is 21.2. The number of carbonyl (C=O) groups excluding carboxylic acids is 1. The minimum absolute atomic E-state index is 0.0815. The standard InChI is InChI=1S/C28H32ClN5O3S/c29-24-11-9-20(17-25(24)34(36)37)10-12-27(35)30-18-21-5-1-2-6-22(21)19-32-13-15-33(16-14-32)28-23-7-3-4-8-26(23)38-31-28/h3-4,7-12,17,21-22H,1-2,5-6,13-16,18-19H2,(H,30,35)/t21-,22-/m1/s1. The number of fused-ring (bicyclic) bond motifs is 1. The maximum Gasteiger partial charge on any atom is 0.288 e. The number of nitro groups is 1. The third-order valence-corrected chi connectivity index (χ3v) is 8.86. The Hall–Kier alpha value is -3.01. The lowest BCUT2D eigenvalue weighted by Crippen LogP contribution is -2.49. The Morgan fingerprint density at radius 3 is 2.68 bits per heavy atom. The fourth-order valence-corrected chi connectivity index (χ4v) is 6.59. The van der Waals surface area contributed by atoms with Crippen LogP contribution in [0.3, 0.4) is 0 Å². The summed E-state index contributed by atoms with van der Waals surface area (Å²) in [6, 6.07) is 13.0. The zero-order valence-corrected chi connectivity index (χ0v) is 22.8. The topological polar surface area (TPSA) is 91.6 Å². The molecular weight excluding hydrogens is 522 g/mol. The average Bonchev–Trinajstić information content (AvgIpc) is 3.36. The van der Waals surface area contributed by atoms with Crippen molar-refractivity contribution in [3.8, 4) is 0 Å². The molecule has 1 aliphatic carbocycles. The van der Waals surface area contributed by atoms with Gasteiger partial charge in [0.05, 0.1) is 9.62 Å². The summed E-state index contributed by atoms with van der Waals surface area (Å²) < 4.78 is 5.97. The largest absolute Gasteiger partial charge is 0.353 e. The van der Waals surface area contributed by atoms with Crippen LogP contribution in [0.25, 0.3) is 16.2 Å². The average molecular weight is 554 g/mol. The summed E-state index contributed by atoms with van der Waals surface area (Å²) in [5.41, 5.74) is 0.400. The molecule has 38 heavy (non-hydrogen) atoms. The molecule has 0 spiro atoms. The molecule has 200 valence electrons. The summed E-state index contributed by atoms with van der Waals surface area (Å²) >= 11 is 7.44. The van der Waals surface area contributed by atoms with Crippen molar-refractivity contribution in [1.82, 2.24) is 14.6 Å². The second kappa shape index (κ2) is 12.2. The molecule has 0 unspecified atom stereocenters. The van der Waals surface area contributed by atoms with Gasteiger partial charge in [-0.1, -0.05) is 42.6 Å². The molecule has 2 aliphatic rings. The number of nitro benzene ring substituents is 1. The van der Waals surface area contributed by atoms with Crippen molar-refractivity contribution in [3.63, 3.8) is 0 Å². The number of rotatable bonds is 8. The van der Waals surface area contributed by atoms with Crippen molar-refractivity contribution >= 4 is 56.7 Å². The van der Waals surface area contributed by atoms with E-state index in [1.807, 2.05) is 0 Å². The monoisotopic (exact) mass is 553 g/mol. The molecule has 2 fully saturated rings. The van der Waals surface area contributed by atoms with Gasteiger partial charge in [-0.25, -0.2) is 0 Å². The molecule has 0 radical (unpaired) electrons. The highest BCUT2D eigenvalue weighted by Crippen LogP contribution is 2.32. The number of halogens is 1. The van der Waals surface area contributed by atoms with E-state index >= 15 is 0 Å². The molecule has 1 aliphatic heterocycles. The van der Waals surface area contributed by atoms with Crippen LogP contribution in [-0.4, -0.2) is 59.4 Å². The molecule has 10 heteroatoms. The summed E-state index contributed by atoms with van der Waals surface area (Å²) in [5.74, 6) is 1.96. The summed E-state index contributed by atoms with van der Waals surface area (Å²) in [6.07, 6.45) is 7.79. The van der Waals surface area contributed by atoms with Crippen LogP contribution in [0.15, 0.2) is 48.5 Å². The number of piperazine rings is 1. The first-order valence-corrected chi connectivity index (χ1v) is 14.3. The Morgan fingerprint density at radius 2 is 1.89 bits per heavy atom. The third-order valence-electron chi connectivity index (χ3n) is 7.72. The van der Waals surface area contributed by atoms with Crippen molar-refractivity contribution in [2.45, 2.75) is 25.7 Å². The Balaban J connectivity index is 1.11. The van der Waals surface area contributed by atoms with Crippen LogP contribution in [0.5, 0.6) is 0 Å². The number of benzene rings is 2. The SMILES string of the molecule is O=C(C=Cc1ccc(Cl)c([N+](=O)[O-])c1)NC[C@H]1CCCC[C@@H]1CN1CCN(c2nsc3ccccc23)CC1. The van der Waals surface area contributed by atoms with E-state index in [0.29, 0.717) is 23.9 Å². The van der Waals surface area contributed by atoms with Gasteiger partial charge in [-0.15, -0.1) is 0 Å². The quantitative estimate of drug-likeness (QED) is 0.221. The molecule has 2 heterocycles. The molecule has 3 aromatic rings. The molecular formula is C28H32ClN5O3S. The first-order valence-electron chi connectivity index (χ1n) is 13.2. The van der Waals surface area contributed by atoms with Crippen molar-refractivity contribution in [3.05, 3.63) is 69.2 Å². The highest BCUT2D eigenvalue weighted by molar-refractivity contribution is 7.13. The highest BCUT2D eigenvalue weighted by Gasteiger charge is 2.29. The summed E-state index contributed by atoms with van der Waals surface area (Å²) in [7, 11) is 0. The molecule has 1 saturated carbocycles. The molecule has 1 N–H and O–H groups in total. The van der Waals surface area contributed by atoms with Gasteiger partial charge in [-0.2, -0.15) is 4.37 Å². The van der Waals surface area contributed by atoms with Crippen LogP contribution in [0.4, 0.5) is 11.5 Å². The lowest BCUT2D eigenvalue weighted by atomic mass is 9.78. The predicted molar refractivity (Wildman–Crippen MR) is 154 cm³/mol. The van der Waals surface area contributed by atoms with E-state index in [1.54, 1.807) is 23.7 Å². The Bertz CT molecular complexity index is 1320. The minimum Gasteiger partial charge on any atom is -0.353 e. The predicted octanol–water partition coefficient (Wildman–Crippen LogP) is 5.62. The smallest absolute Gasteiger partial charge is 0.288 e. The molecule has 0 bridgehead atoms. The maximum absolute atomic E-state index is 12.5. The van der Waals surface area contributed by atoms with Gasteiger partial charge in [-0.3, -0.25) is 19.8 Å². The van der Waals surface area contributed by atoms with Crippen molar-refractivity contribution < 1.29 is 9.72 Å². The van der Waals surface area contributed by atoms with E-state index in [9.17, 15) is 14.9 Å². The second-order valence-corrected chi connectivity index (χ2v) is 11.4. The number of carbonyl (C=O) groups is 1. The van der Waals surface area contributed by atoms with Gasteiger partial charge in [0.25, 0.3) is 5.69 Å². The van der Waals surface area contributed by atoms with Gasteiger partial charge in [-0.05, 0) is 66.0 Å². The molecule has 8 nitrogen and oxygen atoms in total. The van der Waals surface area contributed by atoms with E-state index in [2.05, 4.69) is 39.4 Å². The summed E-state index contributed by atoms with van der Waals surface area (Å²) in [4.78, 5) is 28.1.